The molecule has 0 saturated carbocycles. The summed E-state index contributed by atoms with van der Waals surface area (Å²) in [7, 11) is 0. The number of carboxylic acid groups (broad SMARTS) is 1. The van der Waals surface area contributed by atoms with Crippen molar-refractivity contribution in [2.24, 2.45) is 5.16 Å². The summed E-state index contributed by atoms with van der Waals surface area (Å²) in [5.41, 5.74) is 5.99. The third kappa shape index (κ3) is 7.41. The lowest BCUT2D eigenvalue weighted by atomic mass is 9.88. The van der Waals surface area contributed by atoms with E-state index in [0.717, 1.165) is 42.3 Å². The molecule has 3 aromatic rings. The summed E-state index contributed by atoms with van der Waals surface area (Å²) in [4.78, 5) is 19.6. The Bertz CT molecular complexity index is 1090. The van der Waals surface area contributed by atoms with Gasteiger partial charge in [-0.1, -0.05) is 92.3 Å². The van der Waals surface area contributed by atoms with Gasteiger partial charge in [-0.2, -0.15) is 0 Å². The van der Waals surface area contributed by atoms with Crippen LogP contribution in [0.1, 0.15) is 62.9 Å². The van der Waals surface area contributed by atoms with Crippen molar-refractivity contribution in [3.05, 3.63) is 108 Å². The number of aromatic nitrogens is 1. The van der Waals surface area contributed by atoms with Gasteiger partial charge < -0.3 is 9.94 Å². The molecule has 2 heterocycles. The normalized spacial score (nSPS) is 16.1. The minimum absolute atomic E-state index is 0.546. The first-order valence-electron chi connectivity index (χ1n) is 11.6. The third-order valence-electron chi connectivity index (χ3n) is 5.24. The number of benzene rings is 2. The molecule has 0 fully saturated rings. The van der Waals surface area contributed by atoms with Gasteiger partial charge in [0.1, 0.15) is 0 Å². The van der Waals surface area contributed by atoms with E-state index >= 15 is 0 Å². The molecule has 4 rings (SSSR count). The number of rotatable bonds is 6. The van der Waals surface area contributed by atoms with Crippen molar-refractivity contribution in [2.75, 3.05) is 0 Å². The van der Waals surface area contributed by atoms with Gasteiger partial charge in [0.25, 0.3) is 5.97 Å². The van der Waals surface area contributed by atoms with E-state index in [4.69, 9.17) is 14.7 Å². The van der Waals surface area contributed by atoms with Gasteiger partial charge in [-0.05, 0) is 48.1 Å². The minimum atomic E-state index is -0.833. The lowest BCUT2D eigenvalue weighted by Gasteiger charge is -2.23. The van der Waals surface area contributed by atoms with E-state index in [2.05, 4.69) is 54.0 Å². The van der Waals surface area contributed by atoms with Gasteiger partial charge in [0.15, 0.2) is 5.60 Å². The average molecular weight is 459 g/mol. The zero-order valence-electron chi connectivity index (χ0n) is 20.5. The molecule has 0 bridgehead atoms. The number of nitrogens with zero attached hydrogens (tertiary/aromatic N) is 2. The Kier molecular flexibility index (Phi) is 10.2. The third-order valence-corrected chi connectivity index (χ3v) is 5.24. The Labute approximate surface area is 202 Å². The Morgan fingerprint density at radius 1 is 1.03 bits per heavy atom. The summed E-state index contributed by atoms with van der Waals surface area (Å²) < 4.78 is 0. The first-order chi connectivity index (χ1) is 16.4. The summed E-state index contributed by atoms with van der Waals surface area (Å²) >= 11 is 0. The zero-order chi connectivity index (χ0) is 25.0. The summed E-state index contributed by atoms with van der Waals surface area (Å²) in [6.45, 7) is 11.4. The van der Waals surface area contributed by atoms with E-state index in [-0.39, 0.29) is 0 Å². The standard InChI is InChI=1S/C25H24N2O.C2H4O2.C2H6/c1-19(20-10-5-3-6-11-20)15-16-22-14-9-17-26-24(22)25(2)18-23(27-28-25)21-12-7-4-8-13-21;1-2(3)4;1-2/h3-14,17H,1,15-16,18H2,2H3;1H3,(H,3,4);1-2H3. The van der Waals surface area contributed by atoms with Crippen LogP contribution in [0.5, 0.6) is 0 Å². The van der Waals surface area contributed by atoms with Crippen molar-refractivity contribution in [3.63, 3.8) is 0 Å². The van der Waals surface area contributed by atoms with Crippen LogP contribution in [0.2, 0.25) is 0 Å². The maximum atomic E-state index is 9.00. The number of oxime groups is 1. The summed E-state index contributed by atoms with van der Waals surface area (Å²) in [6.07, 6.45) is 4.29. The molecule has 0 radical (unpaired) electrons. The van der Waals surface area contributed by atoms with Crippen molar-refractivity contribution in [2.45, 2.75) is 52.6 Å². The van der Waals surface area contributed by atoms with Gasteiger partial charge in [0, 0.05) is 19.5 Å². The molecule has 1 aliphatic heterocycles. The van der Waals surface area contributed by atoms with Crippen LogP contribution >= 0.6 is 0 Å². The summed E-state index contributed by atoms with van der Waals surface area (Å²) in [6, 6.07) is 24.6. The van der Waals surface area contributed by atoms with Crippen LogP contribution in [0.3, 0.4) is 0 Å². The SMILES string of the molecule is C=C(CCc1cccnc1C1(C)CC(c2ccccc2)=NO1)c1ccccc1.CC.CC(=O)O. The summed E-state index contributed by atoms with van der Waals surface area (Å²) in [5.74, 6) is -0.833. The molecular formula is C29H34N2O3. The molecule has 1 aliphatic rings. The molecule has 1 unspecified atom stereocenters. The fourth-order valence-electron chi connectivity index (χ4n) is 3.67. The molecule has 0 spiro atoms. The molecule has 1 aromatic heterocycles. The number of carbonyl (C=O) groups is 1. The number of aryl methyl sites for hydroxylation is 1. The largest absolute Gasteiger partial charge is 0.481 e. The predicted octanol–water partition coefficient (Wildman–Crippen LogP) is 6.88. The fraction of sp³-hybridized carbons (Fsp3) is 0.276. The fourth-order valence-corrected chi connectivity index (χ4v) is 3.67. The first-order valence-corrected chi connectivity index (χ1v) is 11.6. The molecule has 0 aliphatic carbocycles. The molecular weight excluding hydrogens is 424 g/mol. The van der Waals surface area contributed by atoms with Crippen LogP contribution in [0.15, 0.2) is 90.7 Å². The Morgan fingerprint density at radius 2 is 1.62 bits per heavy atom. The van der Waals surface area contributed by atoms with Gasteiger partial charge in [-0.15, -0.1) is 0 Å². The number of aliphatic carboxylic acids is 1. The number of pyridine rings is 1. The topological polar surface area (TPSA) is 71.8 Å². The first kappa shape index (κ1) is 26.5. The second-order valence-corrected chi connectivity index (χ2v) is 7.90. The van der Waals surface area contributed by atoms with Crippen LogP contribution in [0.25, 0.3) is 5.57 Å². The van der Waals surface area contributed by atoms with Crippen LogP contribution in [0, 0.1) is 0 Å². The highest BCUT2D eigenvalue weighted by Crippen LogP contribution is 2.37. The monoisotopic (exact) mass is 458 g/mol. The van der Waals surface area contributed by atoms with Crippen LogP contribution in [-0.4, -0.2) is 21.8 Å². The smallest absolute Gasteiger partial charge is 0.300 e. The van der Waals surface area contributed by atoms with E-state index in [1.54, 1.807) is 0 Å². The van der Waals surface area contributed by atoms with Crippen LogP contribution in [-0.2, 0) is 21.7 Å². The highest BCUT2D eigenvalue weighted by atomic mass is 16.7. The lowest BCUT2D eigenvalue weighted by molar-refractivity contribution is -0.134. The highest BCUT2D eigenvalue weighted by molar-refractivity contribution is 6.01. The molecule has 5 heteroatoms. The second-order valence-electron chi connectivity index (χ2n) is 7.90. The van der Waals surface area contributed by atoms with Crippen LogP contribution in [0.4, 0.5) is 0 Å². The van der Waals surface area contributed by atoms with Gasteiger partial charge in [-0.25, -0.2) is 0 Å². The maximum absolute atomic E-state index is 9.00. The van der Waals surface area contributed by atoms with Gasteiger partial charge in [0.2, 0.25) is 0 Å². The molecule has 34 heavy (non-hydrogen) atoms. The highest BCUT2D eigenvalue weighted by Gasteiger charge is 2.39. The minimum Gasteiger partial charge on any atom is -0.481 e. The van der Waals surface area contributed by atoms with Crippen molar-refractivity contribution in [3.8, 4) is 0 Å². The molecule has 2 aromatic carbocycles. The quantitative estimate of drug-likeness (QED) is 0.437. The van der Waals surface area contributed by atoms with E-state index in [1.165, 1.54) is 11.1 Å². The molecule has 1 atom stereocenters. The van der Waals surface area contributed by atoms with E-state index < -0.39 is 11.6 Å². The molecule has 0 amide bonds. The van der Waals surface area contributed by atoms with Crippen molar-refractivity contribution >= 4 is 17.3 Å². The zero-order valence-corrected chi connectivity index (χ0v) is 20.5. The average Bonchev–Trinajstić information content (AvgIpc) is 3.28. The van der Waals surface area contributed by atoms with E-state index in [9.17, 15) is 0 Å². The second kappa shape index (κ2) is 13.1. The van der Waals surface area contributed by atoms with E-state index in [1.807, 2.05) is 62.5 Å². The Balaban J connectivity index is 0.000000618. The van der Waals surface area contributed by atoms with Crippen molar-refractivity contribution in [1.82, 2.24) is 4.98 Å². The number of carboxylic acids is 1. The molecule has 178 valence electrons. The van der Waals surface area contributed by atoms with Crippen molar-refractivity contribution < 1.29 is 14.7 Å². The number of allylic oxidation sites excluding steroid dienone is 1. The van der Waals surface area contributed by atoms with Crippen molar-refractivity contribution in [1.29, 1.82) is 0 Å². The predicted molar refractivity (Wildman–Crippen MR) is 139 cm³/mol. The Morgan fingerprint density at radius 3 is 2.24 bits per heavy atom. The maximum Gasteiger partial charge on any atom is 0.300 e. The van der Waals surface area contributed by atoms with Gasteiger partial charge in [-0.3, -0.25) is 9.78 Å². The molecule has 0 saturated heterocycles. The number of hydrogen-bond acceptors (Lipinski definition) is 4. The number of hydrogen-bond donors (Lipinski definition) is 1. The van der Waals surface area contributed by atoms with Gasteiger partial charge in [0.05, 0.1) is 11.4 Å². The van der Waals surface area contributed by atoms with Crippen LogP contribution < -0.4 is 0 Å². The molecule has 5 nitrogen and oxygen atoms in total. The van der Waals surface area contributed by atoms with E-state index in [0.29, 0.717) is 6.42 Å². The Hall–Kier alpha value is -3.73. The molecule has 1 N–H and O–H groups in total. The van der Waals surface area contributed by atoms with Gasteiger partial charge >= 0.3 is 0 Å². The lowest BCUT2D eigenvalue weighted by Crippen LogP contribution is -2.25. The summed E-state index contributed by atoms with van der Waals surface area (Å²) in [5, 5.41) is 11.8.